The number of benzene rings is 3. The van der Waals surface area contributed by atoms with Gasteiger partial charge in [0.05, 0.1) is 32.5 Å². The maximum absolute atomic E-state index is 12.6. The number of esters is 1. The van der Waals surface area contributed by atoms with Crippen molar-refractivity contribution in [2.24, 2.45) is 0 Å². The van der Waals surface area contributed by atoms with Crippen molar-refractivity contribution < 1.29 is 28.5 Å². The lowest BCUT2D eigenvalue weighted by atomic mass is 10.1. The van der Waals surface area contributed by atoms with Gasteiger partial charge in [0.2, 0.25) is 0 Å². The molecule has 0 bridgehead atoms. The topological polar surface area (TPSA) is 71.1 Å². The van der Waals surface area contributed by atoms with Gasteiger partial charge in [0, 0.05) is 6.07 Å². The number of rotatable bonds is 8. The standard InChI is InChI=1S/C26H24O6/c1-17-5-9-19(10-6-17)26(28)32-23-14-8-18(15-25(23)31-4)7-13-22(27)21-12-11-20(29-2)16-24(21)30-3/h5-16H,1-4H3/b13-7+. The van der Waals surface area contributed by atoms with Gasteiger partial charge >= 0.3 is 5.97 Å². The highest BCUT2D eigenvalue weighted by Gasteiger charge is 2.14. The van der Waals surface area contributed by atoms with Gasteiger partial charge in [-0.25, -0.2) is 4.79 Å². The normalized spacial score (nSPS) is 10.6. The summed E-state index contributed by atoms with van der Waals surface area (Å²) in [5, 5.41) is 0. The van der Waals surface area contributed by atoms with Crippen LogP contribution in [0.5, 0.6) is 23.0 Å². The molecule has 0 unspecified atom stereocenters. The zero-order valence-electron chi connectivity index (χ0n) is 18.4. The van der Waals surface area contributed by atoms with E-state index in [4.69, 9.17) is 18.9 Å². The summed E-state index contributed by atoms with van der Waals surface area (Å²) >= 11 is 0. The fourth-order valence-corrected chi connectivity index (χ4v) is 2.98. The number of ketones is 1. The summed E-state index contributed by atoms with van der Waals surface area (Å²) in [6, 6.07) is 17.2. The molecule has 0 aliphatic carbocycles. The lowest BCUT2D eigenvalue weighted by Crippen LogP contribution is -2.09. The van der Waals surface area contributed by atoms with Crippen LogP contribution in [0.3, 0.4) is 0 Å². The van der Waals surface area contributed by atoms with Crippen LogP contribution >= 0.6 is 0 Å². The van der Waals surface area contributed by atoms with Crippen LogP contribution in [0.1, 0.15) is 31.8 Å². The Labute approximate surface area is 187 Å². The van der Waals surface area contributed by atoms with E-state index in [2.05, 4.69) is 0 Å². The summed E-state index contributed by atoms with van der Waals surface area (Å²) in [4.78, 5) is 25.0. The monoisotopic (exact) mass is 432 g/mol. The van der Waals surface area contributed by atoms with Gasteiger partial charge in [-0.2, -0.15) is 0 Å². The molecular weight excluding hydrogens is 408 g/mol. The first-order chi connectivity index (χ1) is 15.4. The molecule has 0 spiro atoms. The second-order valence-corrected chi connectivity index (χ2v) is 6.93. The summed E-state index contributed by atoms with van der Waals surface area (Å²) in [6.45, 7) is 1.94. The second kappa shape index (κ2) is 10.3. The van der Waals surface area contributed by atoms with E-state index in [0.29, 0.717) is 39.7 Å². The number of methoxy groups -OCH3 is 3. The maximum Gasteiger partial charge on any atom is 0.343 e. The van der Waals surface area contributed by atoms with Crippen LogP contribution in [0.25, 0.3) is 6.08 Å². The van der Waals surface area contributed by atoms with Crippen molar-refractivity contribution in [2.75, 3.05) is 21.3 Å². The molecule has 0 aliphatic rings. The first kappa shape index (κ1) is 22.6. The highest BCUT2D eigenvalue weighted by Crippen LogP contribution is 2.30. The van der Waals surface area contributed by atoms with E-state index in [1.165, 1.54) is 20.3 Å². The summed E-state index contributed by atoms with van der Waals surface area (Å²) in [7, 11) is 4.53. The largest absolute Gasteiger partial charge is 0.497 e. The van der Waals surface area contributed by atoms with Crippen molar-refractivity contribution in [3.8, 4) is 23.0 Å². The average molecular weight is 432 g/mol. The van der Waals surface area contributed by atoms with Crippen molar-refractivity contribution in [2.45, 2.75) is 6.92 Å². The SMILES string of the molecule is COc1ccc(C(=O)/C=C/c2ccc(OC(=O)c3ccc(C)cc3)c(OC)c2)c(OC)c1. The molecule has 164 valence electrons. The minimum absolute atomic E-state index is 0.224. The molecule has 3 rings (SSSR count). The highest BCUT2D eigenvalue weighted by atomic mass is 16.6. The van der Waals surface area contributed by atoms with E-state index in [1.54, 1.807) is 61.7 Å². The molecule has 0 heterocycles. The number of ether oxygens (including phenoxy) is 4. The van der Waals surface area contributed by atoms with E-state index in [1.807, 2.05) is 19.1 Å². The molecule has 6 heteroatoms. The lowest BCUT2D eigenvalue weighted by Gasteiger charge is -2.10. The molecule has 0 saturated carbocycles. The van der Waals surface area contributed by atoms with Gasteiger partial charge in [-0.05, 0) is 55.0 Å². The predicted molar refractivity (Wildman–Crippen MR) is 122 cm³/mol. The molecule has 0 aliphatic heterocycles. The van der Waals surface area contributed by atoms with Gasteiger partial charge in [0.1, 0.15) is 11.5 Å². The molecule has 0 amide bonds. The number of hydrogen-bond acceptors (Lipinski definition) is 6. The van der Waals surface area contributed by atoms with Crippen molar-refractivity contribution >= 4 is 17.8 Å². The molecule has 3 aromatic carbocycles. The van der Waals surface area contributed by atoms with Crippen LogP contribution in [0.15, 0.2) is 66.7 Å². The Hall–Kier alpha value is -4.06. The molecule has 0 aromatic heterocycles. The minimum Gasteiger partial charge on any atom is -0.497 e. The minimum atomic E-state index is -0.478. The molecule has 6 nitrogen and oxygen atoms in total. The third-order valence-electron chi connectivity index (χ3n) is 4.78. The second-order valence-electron chi connectivity index (χ2n) is 6.93. The Balaban J connectivity index is 1.77. The summed E-state index contributed by atoms with van der Waals surface area (Å²) in [5.41, 5.74) is 2.62. The van der Waals surface area contributed by atoms with Crippen molar-refractivity contribution in [3.63, 3.8) is 0 Å². The third kappa shape index (κ3) is 5.35. The predicted octanol–water partition coefficient (Wildman–Crippen LogP) is 5.14. The Morgan fingerprint density at radius 2 is 1.47 bits per heavy atom. The molecule has 32 heavy (non-hydrogen) atoms. The van der Waals surface area contributed by atoms with Crippen molar-refractivity contribution in [1.82, 2.24) is 0 Å². The summed E-state index contributed by atoms with van der Waals surface area (Å²) in [5.74, 6) is 0.991. The molecule has 3 aromatic rings. The van der Waals surface area contributed by atoms with Crippen LogP contribution in [0.4, 0.5) is 0 Å². The zero-order valence-corrected chi connectivity index (χ0v) is 18.4. The highest BCUT2D eigenvalue weighted by molar-refractivity contribution is 6.08. The molecule has 0 radical (unpaired) electrons. The molecule has 0 fully saturated rings. The molecule has 0 saturated heterocycles. The van der Waals surface area contributed by atoms with Crippen molar-refractivity contribution in [1.29, 1.82) is 0 Å². The fourth-order valence-electron chi connectivity index (χ4n) is 2.98. The fraction of sp³-hybridized carbons (Fsp3) is 0.154. The van der Waals surface area contributed by atoms with Crippen LogP contribution in [-0.4, -0.2) is 33.1 Å². The number of carbonyl (C=O) groups excluding carboxylic acids is 2. The molecule has 0 atom stereocenters. The van der Waals surface area contributed by atoms with Gasteiger partial charge in [0.15, 0.2) is 17.3 Å². The summed E-state index contributed by atoms with van der Waals surface area (Å²) < 4.78 is 21.3. The molecule has 0 N–H and O–H groups in total. The van der Waals surface area contributed by atoms with E-state index < -0.39 is 5.97 Å². The van der Waals surface area contributed by atoms with E-state index in [9.17, 15) is 9.59 Å². The van der Waals surface area contributed by atoms with E-state index >= 15 is 0 Å². The van der Waals surface area contributed by atoms with Gasteiger partial charge in [-0.1, -0.05) is 29.8 Å². The Kier molecular flexibility index (Phi) is 7.29. The maximum atomic E-state index is 12.6. The Morgan fingerprint density at radius 1 is 0.750 bits per heavy atom. The summed E-state index contributed by atoms with van der Waals surface area (Å²) in [6.07, 6.45) is 3.09. The van der Waals surface area contributed by atoms with E-state index in [-0.39, 0.29) is 5.78 Å². The van der Waals surface area contributed by atoms with Gasteiger partial charge in [-0.15, -0.1) is 0 Å². The smallest absolute Gasteiger partial charge is 0.343 e. The first-order valence-corrected chi connectivity index (χ1v) is 9.86. The number of allylic oxidation sites excluding steroid dienone is 1. The van der Waals surface area contributed by atoms with Crippen LogP contribution < -0.4 is 18.9 Å². The first-order valence-electron chi connectivity index (χ1n) is 9.86. The third-order valence-corrected chi connectivity index (χ3v) is 4.78. The molecular formula is C26H24O6. The lowest BCUT2D eigenvalue weighted by molar-refractivity contribution is 0.0729. The zero-order chi connectivity index (χ0) is 23.1. The number of carbonyl (C=O) groups is 2. The average Bonchev–Trinajstić information content (AvgIpc) is 2.82. The van der Waals surface area contributed by atoms with Gasteiger partial charge < -0.3 is 18.9 Å². The number of aryl methyl sites for hydroxylation is 1. The van der Waals surface area contributed by atoms with Crippen LogP contribution in [0, 0.1) is 6.92 Å². The quantitative estimate of drug-likeness (QED) is 0.213. The van der Waals surface area contributed by atoms with Crippen LogP contribution in [0.2, 0.25) is 0 Å². The van der Waals surface area contributed by atoms with Crippen LogP contribution in [-0.2, 0) is 0 Å². The van der Waals surface area contributed by atoms with Gasteiger partial charge in [0.25, 0.3) is 0 Å². The Morgan fingerprint density at radius 3 is 2.12 bits per heavy atom. The number of hydrogen-bond donors (Lipinski definition) is 0. The Bertz CT molecular complexity index is 1150. The van der Waals surface area contributed by atoms with E-state index in [0.717, 1.165) is 5.56 Å². The van der Waals surface area contributed by atoms with Gasteiger partial charge in [-0.3, -0.25) is 4.79 Å². The van der Waals surface area contributed by atoms with Crippen molar-refractivity contribution in [3.05, 3.63) is 89.0 Å².